The Labute approximate surface area is 115 Å². The number of β-amino-alcohol motifs (C(OH)–C–C–N with tert-alkyl or cyclic N) is 1. The number of anilines is 1. The van der Waals surface area contributed by atoms with Gasteiger partial charge in [-0.05, 0) is 18.9 Å². The molecule has 2 aromatic rings. The molecule has 1 aromatic heterocycles. The first kappa shape index (κ1) is 12.8. The van der Waals surface area contributed by atoms with E-state index in [9.17, 15) is 15.0 Å². The lowest BCUT2D eigenvalue weighted by Gasteiger charge is -2.33. The van der Waals surface area contributed by atoms with Gasteiger partial charge in [0.2, 0.25) is 0 Å². The van der Waals surface area contributed by atoms with Crippen LogP contribution in [0.2, 0.25) is 0 Å². The molecule has 2 N–H and O–H groups in total. The van der Waals surface area contributed by atoms with Crippen LogP contribution in [0.3, 0.4) is 0 Å². The Morgan fingerprint density at radius 2 is 2.10 bits per heavy atom. The van der Waals surface area contributed by atoms with Crippen LogP contribution in [0.25, 0.3) is 10.9 Å². The molecule has 0 bridgehead atoms. The lowest BCUT2D eigenvalue weighted by molar-refractivity contribution is 0.0689. The first-order valence-corrected chi connectivity index (χ1v) is 6.58. The van der Waals surface area contributed by atoms with E-state index in [1.807, 2.05) is 23.1 Å². The molecular weight excluding hydrogens is 258 g/mol. The van der Waals surface area contributed by atoms with Gasteiger partial charge in [0.1, 0.15) is 0 Å². The number of aliphatic hydroxyl groups excluding tert-OH is 1. The van der Waals surface area contributed by atoms with Crippen LogP contribution in [0.4, 0.5) is 5.69 Å². The third-order valence-corrected chi connectivity index (χ3v) is 3.56. The number of hydrogen-bond donors (Lipinski definition) is 2. The normalized spacial score (nSPS) is 19.2. The zero-order chi connectivity index (χ0) is 14.1. The molecule has 2 heterocycles. The summed E-state index contributed by atoms with van der Waals surface area (Å²) in [6.07, 6.45) is 1.14. The van der Waals surface area contributed by atoms with Crippen molar-refractivity contribution in [3.8, 4) is 0 Å². The molecule has 6 nitrogen and oxygen atoms in total. The van der Waals surface area contributed by atoms with Crippen molar-refractivity contribution in [1.82, 2.24) is 10.2 Å². The number of nitrogens with zero attached hydrogens (tertiary/aromatic N) is 3. The van der Waals surface area contributed by atoms with Crippen molar-refractivity contribution in [2.75, 3.05) is 18.0 Å². The molecule has 1 fully saturated rings. The molecular formula is C14H15N3O3. The van der Waals surface area contributed by atoms with Crippen molar-refractivity contribution >= 4 is 22.6 Å². The largest absolute Gasteiger partial charge is 0.476 e. The number of rotatable bonds is 2. The van der Waals surface area contributed by atoms with Gasteiger partial charge in [-0.3, -0.25) is 0 Å². The van der Waals surface area contributed by atoms with Gasteiger partial charge in [0.15, 0.2) is 5.69 Å². The first-order valence-electron chi connectivity index (χ1n) is 6.58. The predicted molar refractivity (Wildman–Crippen MR) is 74.0 cm³/mol. The van der Waals surface area contributed by atoms with Crippen LogP contribution in [-0.4, -0.2) is 45.6 Å². The van der Waals surface area contributed by atoms with E-state index >= 15 is 0 Å². The van der Waals surface area contributed by atoms with Gasteiger partial charge in [-0.2, -0.15) is 0 Å². The zero-order valence-corrected chi connectivity index (χ0v) is 10.9. The maximum absolute atomic E-state index is 11.4. The molecule has 1 aromatic carbocycles. The third kappa shape index (κ3) is 2.18. The lowest BCUT2D eigenvalue weighted by atomic mass is 10.0. The fourth-order valence-electron chi connectivity index (χ4n) is 2.66. The Hall–Kier alpha value is -2.21. The van der Waals surface area contributed by atoms with Crippen molar-refractivity contribution in [3.63, 3.8) is 0 Å². The van der Waals surface area contributed by atoms with E-state index in [-0.39, 0.29) is 5.69 Å². The number of aliphatic hydroxyl groups is 1. The van der Waals surface area contributed by atoms with Gasteiger partial charge in [-0.1, -0.05) is 18.2 Å². The lowest BCUT2D eigenvalue weighted by Crippen LogP contribution is -2.39. The molecule has 104 valence electrons. The van der Waals surface area contributed by atoms with Crippen molar-refractivity contribution < 1.29 is 15.0 Å². The number of fused-ring (bicyclic) bond motifs is 1. The van der Waals surface area contributed by atoms with Crippen molar-refractivity contribution in [1.29, 1.82) is 0 Å². The van der Waals surface area contributed by atoms with Gasteiger partial charge >= 0.3 is 5.97 Å². The van der Waals surface area contributed by atoms with Gasteiger partial charge in [0, 0.05) is 18.5 Å². The summed E-state index contributed by atoms with van der Waals surface area (Å²) in [6, 6.07) is 7.33. The van der Waals surface area contributed by atoms with E-state index in [1.165, 1.54) is 0 Å². The van der Waals surface area contributed by atoms with Crippen LogP contribution in [-0.2, 0) is 0 Å². The minimum absolute atomic E-state index is 0.0576. The molecule has 0 radical (unpaired) electrons. The summed E-state index contributed by atoms with van der Waals surface area (Å²) in [5.74, 6) is -1.10. The predicted octanol–water partition coefficient (Wildman–Crippen LogP) is 1.29. The summed E-state index contributed by atoms with van der Waals surface area (Å²) in [5, 5.41) is 27.7. The molecule has 1 saturated heterocycles. The molecule has 3 rings (SSSR count). The van der Waals surface area contributed by atoms with E-state index in [2.05, 4.69) is 10.2 Å². The minimum Gasteiger partial charge on any atom is -0.476 e. The Bertz CT molecular complexity index is 659. The van der Waals surface area contributed by atoms with Crippen LogP contribution in [0.1, 0.15) is 23.3 Å². The minimum atomic E-state index is -1.10. The number of piperidine rings is 1. The molecule has 1 unspecified atom stereocenters. The van der Waals surface area contributed by atoms with Crippen LogP contribution in [0.15, 0.2) is 24.3 Å². The SMILES string of the molecule is O=C(O)c1nnc2ccccc2c1N1CCCC(O)C1. The summed E-state index contributed by atoms with van der Waals surface area (Å²) in [7, 11) is 0. The second-order valence-corrected chi connectivity index (χ2v) is 4.96. The van der Waals surface area contributed by atoms with Gasteiger partial charge < -0.3 is 15.1 Å². The fourth-order valence-corrected chi connectivity index (χ4v) is 2.66. The molecule has 1 aliphatic rings. The highest BCUT2D eigenvalue weighted by molar-refractivity contribution is 6.02. The summed E-state index contributed by atoms with van der Waals surface area (Å²) in [5.41, 5.74) is 1.16. The van der Waals surface area contributed by atoms with Gasteiger partial charge in [-0.15, -0.1) is 10.2 Å². The smallest absolute Gasteiger partial charge is 0.358 e. The molecule has 1 atom stereocenters. The average molecular weight is 273 g/mol. The summed E-state index contributed by atoms with van der Waals surface area (Å²) >= 11 is 0. The molecule has 1 aliphatic heterocycles. The maximum atomic E-state index is 11.4. The monoisotopic (exact) mass is 273 g/mol. The molecule has 0 amide bonds. The Kier molecular flexibility index (Phi) is 3.23. The number of aromatic carboxylic acids is 1. The average Bonchev–Trinajstić information content (AvgIpc) is 2.46. The fraction of sp³-hybridized carbons (Fsp3) is 0.357. The topological polar surface area (TPSA) is 86.5 Å². The second-order valence-electron chi connectivity index (χ2n) is 4.96. The zero-order valence-electron chi connectivity index (χ0n) is 10.9. The van der Waals surface area contributed by atoms with Crippen molar-refractivity contribution in [3.05, 3.63) is 30.0 Å². The molecule has 0 spiro atoms. The summed E-state index contributed by atoms with van der Waals surface area (Å²) in [6.45, 7) is 1.14. The van der Waals surface area contributed by atoms with Crippen LogP contribution in [0.5, 0.6) is 0 Å². The maximum Gasteiger partial charge on any atom is 0.358 e. The Morgan fingerprint density at radius 1 is 1.30 bits per heavy atom. The highest BCUT2D eigenvalue weighted by Gasteiger charge is 2.25. The molecule has 6 heteroatoms. The van der Waals surface area contributed by atoms with E-state index in [0.29, 0.717) is 24.3 Å². The number of aromatic nitrogens is 2. The first-order chi connectivity index (χ1) is 9.66. The van der Waals surface area contributed by atoms with Gasteiger partial charge in [0.25, 0.3) is 0 Å². The Morgan fingerprint density at radius 3 is 2.85 bits per heavy atom. The van der Waals surface area contributed by atoms with Crippen LogP contribution < -0.4 is 4.90 Å². The molecule has 20 heavy (non-hydrogen) atoms. The number of carboxylic acid groups (broad SMARTS) is 1. The Balaban J connectivity index is 2.19. The third-order valence-electron chi connectivity index (χ3n) is 3.56. The van der Waals surface area contributed by atoms with E-state index in [0.717, 1.165) is 18.2 Å². The molecule has 0 saturated carbocycles. The van der Waals surface area contributed by atoms with E-state index < -0.39 is 12.1 Å². The summed E-state index contributed by atoms with van der Waals surface area (Å²) in [4.78, 5) is 13.3. The van der Waals surface area contributed by atoms with E-state index in [4.69, 9.17) is 0 Å². The van der Waals surface area contributed by atoms with Crippen molar-refractivity contribution in [2.45, 2.75) is 18.9 Å². The number of carboxylic acids is 1. The van der Waals surface area contributed by atoms with Crippen LogP contribution in [0, 0.1) is 0 Å². The van der Waals surface area contributed by atoms with Crippen molar-refractivity contribution in [2.24, 2.45) is 0 Å². The van der Waals surface area contributed by atoms with Gasteiger partial charge in [0.05, 0.1) is 17.3 Å². The highest BCUT2D eigenvalue weighted by Crippen LogP contribution is 2.30. The summed E-state index contributed by atoms with van der Waals surface area (Å²) < 4.78 is 0. The molecule has 0 aliphatic carbocycles. The standard InChI is InChI=1S/C14H15N3O3/c18-9-4-3-7-17(8-9)13-10-5-1-2-6-11(10)15-16-12(13)14(19)20/h1-2,5-6,9,18H,3-4,7-8H2,(H,19,20). The number of hydrogen-bond acceptors (Lipinski definition) is 5. The number of carbonyl (C=O) groups is 1. The van der Waals surface area contributed by atoms with Gasteiger partial charge in [-0.25, -0.2) is 4.79 Å². The quantitative estimate of drug-likeness (QED) is 0.857. The van der Waals surface area contributed by atoms with Crippen LogP contribution >= 0.6 is 0 Å². The van der Waals surface area contributed by atoms with E-state index in [1.54, 1.807) is 6.07 Å². The highest BCUT2D eigenvalue weighted by atomic mass is 16.4. The number of benzene rings is 1. The second kappa shape index (κ2) is 5.05.